The van der Waals surface area contributed by atoms with Gasteiger partial charge in [0.15, 0.2) is 11.5 Å². The Labute approximate surface area is 180 Å². The summed E-state index contributed by atoms with van der Waals surface area (Å²) >= 11 is 0. The van der Waals surface area contributed by atoms with E-state index in [0.717, 1.165) is 34.1 Å². The van der Waals surface area contributed by atoms with Gasteiger partial charge in [-0.1, -0.05) is 24.3 Å². The average molecular weight is 423 g/mol. The zero-order valence-corrected chi connectivity index (χ0v) is 17.6. The SMILES string of the molecule is COCCOc1cc2c(-c3ccc(CN4CC(C(=O)O)C4)cc3)cnnc2cc1OC. The molecule has 162 valence electrons. The Bertz CT molecular complexity index is 1060. The lowest BCUT2D eigenvalue weighted by atomic mass is 9.98. The van der Waals surface area contributed by atoms with E-state index in [1.165, 1.54) is 0 Å². The van der Waals surface area contributed by atoms with Crippen molar-refractivity contribution in [1.29, 1.82) is 0 Å². The van der Waals surface area contributed by atoms with E-state index < -0.39 is 5.97 Å². The maximum atomic E-state index is 11.0. The first-order chi connectivity index (χ1) is 15.1. The van der Waals surface area contributed by atoms with Crippen LogP contribution in [0.25, 0.3) is 22.0 Å². The number of aromatic nitrogens is 2. The third-order valence-corrected chi connectivity index (χ3v) is 5.45. The van der Waals surface area contributed by atoms with Crippen molar-refractivity contribution in [3.8, 4) is 22.6 Å². The van der Waals surface area contributed by atoms with Crippen LogP contribution in [0.3, 0.4) is 0 Å². The van der Waals surface area contributed by atoms with Gasteiger partial charge >= 0.3 is 5.97 Å². The molecular weight excluding hydrogens is 398 g/mol. The summed E-state index contributed by atoms with van der Waals surface area (Å²) in [6, 6.07) is 12.0. The number of hydrogen-bond acceptors (Lipinski definition) is 7. The van der Waals surface area contributed by atoms with Gasteiger partial charge in [0.25, 0.3) is 0 Å². The lowest BCUT2D eigenvalue weighted by Gasteiger charge is -2.36. The van der Waals surface area contributed by atoms with E-state index in [2.05, 4.69) is 39.4 Å². The number of nitrogens with zero attached hydrogens (tertiary/aromatic N) is 3. The fourth-order valence-corrected chi connectivity index (χ4v) is 3.71. The molecule has 1 saturated heterocycles. The number of hydrogen-bond donors (Lipinski definition) is 1. The van der Waals surface area contributed by atoms with Gasteiger partial charge in [0, 0.05) is 43.8 Å². The van der Waals surface area contributed by atoms with Crippen LogP contribution < -0.4 is 9.47 Å². The molecule has 3 aromatic rings. The molecule has 0 atom stereocenters. The predicted octanol–water partition coefficient (Wildman–Crippen LogP) is 2.85. The largest absolute Gasteiger partial charge is 0.493 e. The molecule has 31 heavy (non-hydrogen) atoms. The standard InChI is InChI=1S/C23H25N3O5/c1-29-7-8-31-22-9-18-19(11-24-25-20(18)10-21(22)30-2)16-5-3-15(4-6-16)12-26-13-17(14-26)23(27)28/h3-6,9-11,17H,7-8,12-14H2,1-2H3,(H,27,28). The van der Waals surface area contributed by atoms with Crippen LogP contribution >= 0.6 is 0 Å². The number of methoxy groups -OCH3 is 2. The molecule has 1 aromatic heterocycles. The van der Waals surface area contributed by atoms with Crippen LogP contribution in [0.15, 0.2) is 42.6 Å². The van der Waals surface area contributed by atoms with Gasteiger partial charge in [-0.2, -0.15) is 10.2 Å². The molecule has 2 aromatic carbocycles. The van der Waals surface area contributed by atoms with Crippen LogP contribution in [0.5, 0.6) is 11.5 Å². The number of likely N-dealkylation sites (tertiary alicyclic amines) is 1. The lowest BCUT2D eigenvalue weighted by molar-refractivity contribution is -0.147. The van der Waals surface area contributed by atoms with Crippen LogP contribution in [0.2, 0.25) is 0 Å². The van der Waals surface area contributed by atoms with Gasteiger partial charge in [-0.25, -0.2) is 0 Å². The van der Waals surface area contributed by atoms with Crippen LogP contribution in [0.4, 0.5) is 0 Å². The molecule has 1 fully saturated rings. The molecule has 8 nitrogen and oxygen atoms in total. The second-order valence-electron chi connectivity index (χ2n) is 7.55. The van der Waals surface area contributed by atoms with Crippen molar-refractivity contribution >= 4 is 16.9 Å². The zero-order valence-electron chi connectivity index (χ0n) is 17.6. The molecule has 0 aliphatic carbocycles. The topological polar surface area (TPSA) is 94.0 Å². The van der Waals surface area contributed by atoms with Crippen molar-refractivity contribution < 1.29 is 24.1 Å². The highest BCUT2D eigenvalue weighted by atomic mass is 16.5. The Morgan fingerprint density at radius 2 is 1.90 bits per heavy atom. The molecule has 0 spiro atoms. The molecule has 0 saturated carbocycles. The van der Waals surface area contributed by atoms with Gasteiger partial charge in [0.2, 0.25) is 0 Å². The van der Waals surface area contributed by atoms with Crippen molar-refractivity contribution in [1.82, 2.24) is 15.1 Å². The Balaban J connectivity index is 1.57. The quantitative estimate of drug-likeness (QED) is 0.525. The molecule has 2 heterocycles. The Morgan fingerprint density at radius 3 is 2.58 bits per heavy atom. The second-order valence-corrected chi connectivity index (χ2v) is 7.55. The van der Waals surface area contributed by atoms with Gasteiger partial charge in [-0.15, -0.1) is 0 Å². The zero-order chi connectivity index (χ0) is 21.8. The molecule has 0 unspecified atom stereocenters. The van der Waals surface area contributed by atoms with Gasteiger partial charge in [-0.05, 0) is 17.2 Å². The first-order valence-electron chi connectivity index (χ1n) is 10.1. The summed E-state index contributed by atoms with van der Waals surface area (Å²) in [5.74, 6) is 0.264. The van der Waals surface area contributed by atoms with Crippen LogP contribution in [0, 0.1) is 5.92 Å². The highest BCUT2D eigenvalue weighted by molar-refractivity contribution is 5.95. The van der Waals surface area contributed by atoms with E-state index in [1.54, 1.807) is 20.4 Å². The minimum Gasteiger partial charge on any atom is -0.493 e. The van der Waals surface area contributed by atoms with Crippen LogP contribution in [-0.2, 0) is 16.1 Å². The third kappa shape index (κ3) is 4.60. The summed E-state index contributed by atoms with van der Waals surface area (Å²) in [5, 5.41) is 18.3. The molecule has 0 bridgehead atoms. The molecule has 1 aliphatic rings. The smallest absolute Gasteiger partial charge is 0.309 e. The highest BCUT2D eigenvalue weighted by Gasteiger charge is 2.32. The van der Waals surface area contributed by atoms with Crippen LogP contribution in [0.1, 0.15) is 5.56 Å². The predicted molar refractivity (Wildman–Crippen MR) is 115 cm³/mol. The summed E-state index contributed by atoms with van der Waals surface area (Å²) < 4.78 is 16.3. The molecule has 0 amide bonds. The summed E-state index contributed by atoms with van der Waals surface area (Å²) in [6.45, 7) is 2.84. The number of fused-ring (bicyclic) bond motifs is 1. The maximum Gasteiger partial charge on any atom is 0.309 e. The summed E-state index contributed by atoms with van der Waals surface area (Å²) in [4.78, 5) is 13.1. The molecule has 4 rings (SSSR count). The van der Waals surface area contributed by atoms with Crippen molar-refractivity contribution in [2.75, 3.05) is 40.5 Å². The molecular formula is C23H25N3O5. The average Bonchev–Trinajstić information content (AvgIpc) is 2.75. The van der Waals surface area contributed by atoms with Crippen molar-refractivity contribution in [2.45, 2.75) is 6.54 Å². The second kappa shape index (κ2) is 9.28. The highest BCUT2D eigenvalue weighted by Crippen LogP contribution is 2.36. The number of carboxylic acids is 1. The van der Waals surface area contributed by atoms with E-state index in [9.17, 15) is 4.79 Å². The number of benzene rings is 2. The normalized spacial score (nSPS) is 14.4. The van der Waals surface area contributed by atoms with Gasteiger partial charge in [0.05, 0.1) is 31.3 Å². The fraction of sp³-hybridized carbons (Fsp3) is 0.348. The number of carboxylic acid groups (broad SMARTS) is 1. The molecule has 0 radical (unpaired) electrons. The van der Waals surface area contributed by atoms with Crippen LogP contribution in [-0.4, -0.2) is 66.7 Å². The minimum absolute atomic E-state index is 0.245. The Hall–Kier alpha value is -3.23. The maximum absolute atomic E-state index is 11.0. The Kier molecular flexibility index (Phi) is 6.29. The third-order valence-electron chi connectivity index (χ3n) is 5.45. The van der Waals surface area contributed by atoms with Gasteiger partial charge in [-0.3, -0.25) is 9.69 Å². The molecule has 8 heteroatoms. The molecule has 1 N–H and O–H groups in total. The van der Waals surface area contributed by atoms with Crippen molar-refractivity contribution in [3.63, 3.8) is 0 Å². The van der Waals surface area contributed by atoms with E-state index in [0.29, 0.717) is 37.8 Å². The lowest BCUT2D eigenvalue weighted by Crippen LogP contribution is -2.49. The summed E-state index contributed by atoms with van der Waals surface area (Å²) in [6.07, 6.45) is 1.75. The number of aliphatic carboxylic acids is 1. The van der Waals surface area contributed by atoms with Gasteiger partial charge < -0.3 is 19.3 Å². The van der Waals surface area contributed by atoms with E-state index in [-0.39, 0.29) is 5.92 Å². The van der Waals surface area contributed by atoms with E-state index in [1.807, 2.05) is 12.1 Å². The summed E-state index contributed by atoms with van der Waals surface area (Å²) in [5.41, 5.74) is 3.83. The number of carbonyl (C=O) groups is 1. The summed E-state index contributed by atoms with van der Waals surface area (Å²) in [7, 11) is 3.22. The van der Waals surface area contributed by atoms with E-state index in [4.69, 9.17) is 19.3 Å². The van der Waals surface area contributed by atoms with Crippen molar-refractivity contribution in [2.24, 2.45) is 5.92 Å². The first-order valence-corrected chi connectivity index (χ1v) is 10.1. The van der Waals surface area contributed by atoms with Crippen molar-refractivity contribution in [3.05, 3.63) is 48.2 Å². The monoisotopic (exact) mass is 423 g/mol. The first kappa shape index (κ1) is 21.0. The fourth-order valence-electron chi connectivity index (χ4n) is 3.71. The number of rotatable bonds is 9. The number of ether oxygens (including phenoxy) is 3. The Morgan fingerprint density at radius 1 is 1.13 bits per heavy atom. The molecule has 1 aliphatic heterocycles. The van der Waals surface area contributed by atoms with Gasteiger partial charge in [0.1, 0.15) is 6.61 Å². The minimum atomic E-state index is -0.717. The van der Waals surface area contributed by atoms with E-state index >= 15 is 0 Å².